The van der Waals surface area contributed by atoms with Crippen LogP contribution in [0.5, 0.6) is 5.75 Å². The molecular formula is C22H33N3O5. The van der Waals surface area contributed by atoms with Crippen molar-refractivity contribution in [2.45, 2.75) is 25.7 Å². The first-order valence-electron chi connectivity index (χ1n) is 9.95. The Bertz CT molecular complexity index is 691. The first-order chi connectivity index (χ1) is 14.5. The van der Waals surface area contributed by atoms with Crippen LogP contribution in [0.3, 0.4) is 0 Å². The fourth-order valence-electron chi connectivity index (χ4n) is 2.84. The maximum Gasteiger partial charge on any atom is 0.330 e. The number of anilines is 3. The predicted molar refractivity (Wildman–Crippen MR) is 120 cm³/mol. The predicted octanol–water partition coefficient (Wildman–Crippen LogP) is 3.14. The first kappa shape index (κ1) is 24.9. The van der Waals surface area contributed by atoms with Gasteiger partial charge in [-0.25, -0.2) is 9.59 Å². The molecule has 166 valence electrons. The highest BCUT2D eigenvalue weighted by Gasteiger charge is 2.15. The Morgan fingerprint density at radius 2 is 1.57 bits per heavy atom. The molecule has 1 rings (SSSR count). The van der Waals surface area contributed by atoms with Gasteiger partial charge in [0.2, 0.25) is 0 Å². The minimum absolute atomic E-state index is 0.344. The zero-order chi connectivity index (χ0) is 22.4. The molecule has 0 saturated heterocycles. The molecule has 0 aliphatic rings. The zero-order valence-electron chi connectivity index (χ0n) is 17.9. The van der Waals surface area contributed by atoms with E-state index < -0.39 is 11.9 Å². The van der Waals surface area contributed by atoms with E-state index in [9.17, 15) is 9.59 Å². The van der Waals surface area contributed by atoms with E-state index in [-0.39, 0.29) is 0 Å². The standard InChI is InChI=1S/C22H33N3O5/c1-5-21(26)29-13-9-7-11-25(12-8-10-14-30-22(27)6-2)19-16-18(24-3)17(23)15-20(19)28-4/h5-6,15-16,24H,1-2,7-14,23H2,3-4H3. The number of nitrogens with two attached hydrogens (primary N) is 1. The molecule has 0 spiro atoms. The van der Waals surface area contributed by atoms with E-state index in [1.807, 2.05) is 13.1 Å². The third kappa shape index (κ3) is 8.46. The van der Waals surface area contributed by atoms with Crippen LogP contribution >= 0.6 is 0 Å². The zero-order valence-corrected chi connectivity index (χ0v) is 17.9. The molecule has 8 nitrogen and oxygen atoms in total. The van der Waals surface area contributed by atoms with Gasteiger partial charge in [0.15, 0.2) is 0 Å². The molecule has 0 atom stereocenters. The Hall–Kier alpha value is -3.16. The van der Waals surface area contributed by atoms with Crippen LogP contribution < -0.4 is 20.7 Å². The third-order valence-electron chi connectivity index (χ3n) is 4.43. The van der Waals surface area contributed by atoms with Gasteiger partial charge in [-0.05, 0) is 31.7 Å². The number of hydrogen-bond donors (Lipinski definition) is 2. The van der Waals surface area contributed by atoms with Gasteiger partial charge < -0.3 is 30.2 Å². The number of carbonyl (C=O) groups is 2. The number of benzene rings is 1. The van der Waals surface area contributed by atoms with Gasteiger partial charge in [0.1, 0.15) is 5.75 Å². The van der Waals surface area contributed by atoms with Gasteiger partial charge in [-0.3, -0.25) is 0 Å². The lowest BCUT2D eigenvalue weighted by molar-refractivity contribution is -0.138. The lowest BCUT2D eigenvalue weighted by atomic mass is 10.1. The van der Waals surface area contributed by atoms with Gasteiger partial charge in [0.25, 0.3) is 0 Å². The van der Waals surface area contributed by atoms with Crippen molar-refractivity contribution in [1.82, 2.24) is 0 Å². The molecule has 0 saturated carbocycles. The number of esters is 2. The number of methoxy groups -OCH3 is 1. The fraction of sp³-hybridized carbons (Fsp3) is 0.455. The van der Waals surface area contributed by atoms with Gasteiger partial charge in [-0.2, -0.15) is 0 Å². The van der Waals surface area contributed by atoms with Gasteiger partial charge in [-0.1, -0.05) is 13.2 Å². The summed E-state index contributed by atoms with van der Waals surface area (Å²) in [7, 11) is 3.42. The minimum atomic E-state index is -0.417. The van der Waals surface area contributed by atoms with Crippen molar-refractivity contribution in [3.8, 4) is 5.75 Å². The van der Waals surface area contributed by atoms with Crippen LogP contribution in [0.25, 0.3) is 0 Å². The van der Waals surface area contributed by atoms with E-state index in [1.165, 1.54) is 0 Å². The summed E-state index contributed by atoms with van der Waals surface area (Å²) in [6, 6.07) is 3.76. The molecule has 0 fully saturated rings. The maximum absolute atomic E-state index is 11.2. The number of carbonyl (C=O) groups excluding carboxylic acids is 2. The first-order valence-corrected chi connectivity index (χ1v) is 9.95. The number of unbranched alkanes of at least 4 members (excludes halogenated alkanes) is 2. The number of nitrogen functional groups attached to an aromatic ring is 1. The molecule has 30 heavy (non-hydrogen) atoms. The molecule has 0 unspecified atom stereocenters. The van der Waals surface area contributed by atoms with Gasteiger partial charge in [0, 0.05) is 38.4 Å². The number of rotatable bonds is 15. The summed E-state index contributed by atoms with van der Waals surface area (Å²) in [5.41, 5.74) is 8.40. The lowest BCUT2D eigenvalue weighted by Gasteiger charge is -2.27. The van der Waals surface area contributed by atoms with Gasteiger partial charge in [0.05, 0.1) is 37.4 Å². The van der Waals surface area contributed by atoms with E-state index in [4.69, 9.17) is 19.9 Å². The van der Waals surface area contributed by atoms with Crippen LogP contribution in [0.1, 0.15) is 25.7 Å². The summed E-state index contributed by atoms with van der Waals surface area (Å²) < 4.78 is 15.6. The van der Waals surface area contributed by atoms with E-state index >= 15 is 0 Å². The Labute approximate surface area is 178 Å². The molecule has 0 aliphatic carbocycles. The Balaban J connectivity index is 2.78. The van der Waals surface area contributed by atoms with Crippen molar-refractivity contribution in [2.24, 2.45) is 0 Å². The summed E-state index contributed by atoms with van der Waals surface area (Å²) in [5, 5.41) is 3.09. The molecule has 8 heteroatoms. The highest BCUT2D eigenvalue weighted by molar-refractivity contribution is 5.81. The molecule has 0 bridgehead atoms. The molecule has 3 N–H and O–H groups in total. The highest BCUT2D eigenvalue weighted by atomic mass is 16.5. The summed E-state index contributed by atoms with van der Waals surface area (Å²) >= 11 is 0. The monoisotopic (exact) mass is 419 g/mol. The summed E-state index contributed by atoms with van der Waals surface area (Å²) in [6.07, 6.45) is 5.40. The van der Waals surface area contributed by atoms with E-state index in [1.54, 1.807) is 13.2 Å². The molecular weight excluding hydrogens is 386 g/mol. The third-order valence-corrected chi connectivity index (χ3v) is 4.43. The van der Waals surface area contributed by atoms with Crippen LogP contribution in [-0.4, -0.2) is 52.4 Å². The number of nitrogens with one attached hydrogen (secondary N) is 1. The van der Waals surface area contributed by atoms with Crippen molar-refractivity contribution in [3.63, 3.8) is 0 Å². The van der Waals surface area contributed by atoms with Crippen molar-refractivity contribution in [2.75, 3.05) is 56.4 Å². The van der Waals surface area contributed by atoms with Crippen LogP contribution in [0.4, 0.5) is 17.1 Å². The number of nitrogens with zero attached hydrogens (tertiary/aromatic N) is 1. The van der Waals surface area contributed by atoms with Crippen molar-refractivity contribution in [1.29, 1.82) is 0 Å². The van der Waals surface area contributed by atoms with E-state index in [0.717, 1.165) is 62.3 Å². The van der Waals surface area contributed by atoms with Crippen molar-refractivity contribution < 1.29 is 23.8 Å². The van der Waals surface area contributed by atoms with Crippen molar-refractivity contribution in [3.05, 3.63) is 37.4 Å². The minimum Gasteiger partial charge on any atom is -0.495 e. The Morgan fingerprint density at radius 3 is 2.00 bits per heavy atom. The largest absolute Gasteiger partial charge is 0.495 e. The Morgan fingerprint density at radius 1 is 1.03 bits per heavy atom. The van der Waals surface area contributed by atoms with E-state index in [0.29, 0.717) is 24.7 Å². The van der Waals surface area contributed by atoms with Crippen LogP contribution in [0.2, 0.25) is 0 Å². The van der Waals surface area contributed by atoms with Crippen LogP contribution in [-0.2, 0) is 19.1 Å². The van der Waals surface area contributed by atoms with Crippen molar-refractivity contribution >= 4 is 29.0 Å². The fourth-order valence-corrected chi connectivity index (χ4v) is 2.84. The second kappa shape index (κ2) is 13.9. The molecule has 1 aromatic carbocycles. The van der Waals surface area contributed by atoms with E-state index in [2.05, 4.69) is 23.4 Å². The average molecular weight is 420 g/mol. The molecule has 0 heterocycles. The topological polar surface area (TPSA) is 103 Å². The number of hydrogen-bond acceptors (Lipinski definition) is 8. The molecule has 0 radical (unpaired) electrons. The van der Waals surface area contributed by atoms with Gasteiger partial charge in [-0.15, -0.1) is 0 Å². The lowest BCUT2D eigenvalue weighted by Crippen LogP contribution is -2.27. The SMILES string of the molecule is C=CC(=O)OCCCCN(CCCCOC(=O)C=C)c1cc(NC)c(N)cc1OC. The Kier molecular flexibility index (Phi) is 11.5. The molecule has 0 aromatic heterocycles. The summed E-state index contributed by atoms with van der Waals surface area (Å²) in [6.45, 7) is 8.93. The van der Waals surface area contributed by atoms with Crippen LogP contribution in [0, 0.1) is 0 Å². The second-order valence-electron chi connectivity index (χ2n) is 6.51. The summed E-state index contributed by atoms with van der Waals surface area (Å²) in [4.78, 5) is 24.5. The average Bonchev–Trinajstić information content (AvgIpc) is 2.76. The summed E-state index contributed by atoms with van der Waals surface area (Å²) in [5.74, 6) is -0.151. The number of ether oxygens (including phenoxy) is 3. The van der Waals surface area contributed by atoms with Crippen LogP contribution in [0.15, 0.2) is 37.4 Å². The molecule has 1 aromatic rings. The van der Waals surface area contributed by atoms with Gasteiger partial charge >= 0.3 is 11.9 Å². The normalized spacial score (nSPS) is 10.1. The molecule has 0 amide bonds. The highest BCUT2D eigenvalue weighted by Crippen LogP contribution is 2.36. The smallest absolute Gasteiger partial charge is 0.330 e. The molecule has 0 aliphatic heterocycles. The maximum atomic E-state index is 11.2. The second-order valence-corrected chi connectivity index (χ2v) is 6.51. The quantitative estimate of drug-likeness (QED) is 0.193.